The first-order valence-corrected chi connectivity index (χ1v) is 5.66. The summed E-state index contributed by atoms with van der Waals surface area (Å²) in [5.74, 6) is -0.0603. The second kappa shape index (κ2) is 5.71. The number of likely N-dealkylation sites (N-methyl/N-ethyl adjacent to an activating group) is 1. The van der Waals surface area contributed by atoms with Crippen molar-refractivity contribution in [3.05, 3.63) is 36.8 Å². The van der Waals surface area contributed by atoms with E-state index < -0.39 is 0 Å². The SMILES string of the molecule is C=CN(C)C(C(=O)N(C=C)C(C)(C)C)=C(C)C. The van der Waals surface area contributed by atoms with Crippen LogP contribution in [0, 0.1) is 0 Å². The van der Waals surface area contributed by atoms with Crippen LogP contribution in [0.5, 0.6) is 0 Å². The predicted molar refractivity (Wildman–Crippen MR) is 73.1 cm³/mol. The molecule has 0 radical (unpaired) electrons. The van der Waals surface area contributed by atoms with E-state index in [1.54, 1.807) is 22.2 Å². The first kappa shape index (κ1) is 15.5. The molecule has 0 spiro atoms. The Balaban J connectivity index is 5.46. The predicted octanol–water partition coefficient (Wildman–Crippen LogP) is 3.13. The molecule has 3 heteroatoms. The molecule has 0 N–H and O–H groups in total. The van der Waals surface area contributed by atoms with Crippen LogP contribution in [-0.4, -0.2) is 28.3 Å². The largest absolute Gasteiger partial charge is 0.347 e. The lowest BCUT2D eigenvalue weighted by Crippen LogP contribution is -2.44. The molecule has 0 bridgehead atoms. The molecule has 1 amide bonds. The minimum Gasteiger partial charge on any atom is -0.347 e. The fourth-order valence-corrected chi connectivity index (χ4v) is 1.58. The van der Waals surface area contributed by atoms with E-state index in [9.17, 15) is 4.79 Å². The van der Waals surface area contributed by atoms with Crippen molar-refractivity contribution in [2.24, 2.45) is 0 Å². The van der Waals surface area contributed by atoms with Gasteiger partial charge in [-0.3, -0.25) is 4.79 Å². The van der Waals surface area contributed by atoms with E-state index in [0.29, 0.717) is 5.70 Å². The summed E-state index contributed by atoms with van der Waals surface area (Å²) < 4.78 is 0. The molecule has 3 nitrogen and oxygen atoms in total. The maximum absolute atomic E-state index is 12.5. The summed E-state index contributed by atoms with van der Waals surface area (Å²) in [5, 5.41) is 0. The number of hydrogen-bond donors (Lipinski definition) is 0. The number of rotatable bonds is 4. The zero-order valence-electron chi connectivity index (χ0n) is 11.9. The number of carbonyl (C=O) groups excluding carboxylic acids is 1. The van der Waals surface area contributed by atoms with Gasteiger partial charge in [0.05, 0.1) is 0 Å². The van der Waals surface area contributed by atoms with Gasteiger partial charge in [0.2, 0.25) is 0 Å². The highest BCUT2D eigenvalue weighted by molar-refractivity contribution is 5.94. The maximum atomic E-state index is 12.5. The smallest absolute Gasteiger partial charge is 0.274 e. The van der Waals surface area contributed by atoms with Crippen LogP contribution >= 0.6 is 0 Å². The molecule has 0 aromatic carbocycles. The van der Waals surface area contributed by atoms with Crippen molar-refractivity contribution in [1.29, 1.82) is 0 Å². The third kappa shape index (κ3) is 3.77. The lowest BCUT2D eigenvalue weighted by atomic mass is 10.1. The zero-order chi connectivity index (χ0) is 13.8. The molecule has 0 saturated carbocycles. The van der Waals surface area contributed by atoms with Crippen LogP contribution in [0.1, 0.15) is 34.6 Å². The highest BCUT2D eigenvalue weighted by Gasteiger charge is 2.28. The lowest BCUT2D eigenvalue weighted by Gasteiger charge is -2.35. The summed E-state index contributed by atoms with van der Waals surface area (Å²) in [6, 6.07) is 0. The molecule has 0 atom stereocenters. The van der Waals surface area contributed by atoms with Crippen molar-refractivity contribution < 1.29 is 4.79 Å². The van der Waals surface area contributed by atoms with Crippen LogP contribution in [0.4, 0.5) is 0 Å². The molecule has 0 aliphatic carbocycles. The third-order valence-corrected chi connectivity index (χ3v) is 2.43. The Morgan fingerprint density at radius 2 is 1.59 bits per heavy atom. The minimum absolute atomic E-state index is 0.0603. The monoisotopic (exact) mass is 236 g/mol. The second-order valence-electron chi connectivity index (χ2n) is 5.17. The fraction of sp³-hybridized carbons (Fsp3) is 0.500. The molecule has 0 saturated heterocycles. The summed E-state index contributed by atoms with van der Waals surface area (Å²) in [6.07, 6.45) is 3.20. The molecule has 0 aromatic heterocycles. The van der Waals surface area contributed by atoms with Gasteiger partial charge in [-0.2, -0.15) is 0 Å². The number of hydrogen-bond acceptors (Lipinski definition) is 2. The first-order chi connectivity index (χ1) is 7.66. The molecule has 0 unspecified atom stereocenters. The van der Waals surface area contributed by atoms with Crippen LogP contribution in [0.3, 0.4) is 0 Å². The maximum Gasteiger partial charge on any atom is 0.274 e. The van der Waals surface area contributed by atoms with Crippen molar-refractivity contribution in [2.45, 2.75) is 40.2 Å². The molecular weight excluding hydrogens is 212 g/mol. The standard InChI is InChI=1S/C14H24N2O/c1-9-15(8)12(11(3)4)13(17)16(10-2)14(5,6)7/h9-10H,1-2H2,3-8H3. The van der Waals surface area contributed by atoms with E-state index in [1.807, 2.05) is 41.7 Å². The van der Waals surface area contributed by atoms with Gasteiger partial charge < -0.3 is 9.80 Å². The van der Waals surface area contributed by atoms with Gasteiger partial charge in [-0.05, 0) is 46.4 Å². The van der Waals surface area contributed by atoms with Gasteiger partial charge in [0.15, 0.2) is 0 Å². The van der Waals surface area contributed by atoms with Gasteiger partial charge in [-0.25, -0.2) is 0 Å². The van der Waals surface area contributed by atoms with Crippen molar-refractivity contribution in [2.75, 3.05) is 7.05 Å². The Labute approximate surface area is 105 Å². The Morgan fingerprint density at radius 1 is 1.12 bits per heavy atom. The summed E-state index contributed by atoms with van der Waals surface area (Å²) in [7, 11) is 1.82. The van der Waals surface area contributed by atoms with Crippen LogP contribution in [0.25, 0.3) is 0 Å². The van der Waals surface area contributed by atoms with Gasteiger partial charge in [0.1, 0.15) is 5.70 Å². The summed E-state index contributed by atoms with van der Waals surface area (Å²) in [4.78, 5) is 15.8. The average molecular weight is 236 g/mol. The van der Waals surface area contributed by atoms with Crippen molar-refractivity contribution in [3.63, 3.8) is 0 Å². The van der Waals surface area contributed by atoms with E-state index in [2.05, 4.69) is 13.2 Å². The van der Waals surface area contributed by atoms with E-state index in [-0.39, 0.29) is 11.4 Å². The van der Waals surface area contributed by atoms with E-state index in [1.165, 1.54) is 0 Å². The zero-order valence-corrected chi connectivity index (χ0v) is 11.9. The van der Waals surface area contributed by atoms with E-state index in [4.69, 9.17) is 0 Å². The van der Waals surface area contributed by atoms with Gasteiger partial charge in [0.25, 0.3) is 5.91 Å². The molecule has 96 valence electrons. The van der Waals surface area contributed by atoms with E-state index in [0.717, 1.165) is 5.57 Å². The normalized spacial score (nSPS) is 10.5. The lowest BCUT2D eigenvalue weighted by molar-refractivity contribution is -0.129. The molecule has 0 rings (SSSR count). The summed E-state index contributed by atoms with van der Waals surface area (Å²) >= 11 is 0. The van der Waals surface area contributed by atoms with Crippen molar-refractivity contribution in [3.8, 4) is 0 Å². The molecule has 0 fully saturated rings. The quantitative estimate of drug-likeness (QED) is 0.700. The molecule has 0 aliphatic rings. The van der Waals surface area contributed by atoms with Gasteiger partial charge >= 0.3 is 0 Å². The second-order valence-corrected chi connectivity index (χ2v) is 5.17. The fourth-order valence-electron chi connectivity index (χ4n) is 1.58. The van der Waals surface area contributed by atoms with Crippen LogP contribution in [-0.2, 0) is 4.79 Å². The molecule has 17 heavy (non-hydrogen) atoms. The number of amides is 1. The topological polar surface area (TPSA) is 23.6 Å². The average Bonchev–Trinajstić information content (AvgIpc) is 2.15. The molecule has 0 heterocycles. The minimum atomic E-state index is -0.290. The molecule has 0 aliphatic heterocycles. The molecule has 0 aromatic rings. The Bertz CT molecular complexity index is 344. The Kier molecular flexibility index (Phi) is 5.20. The summed E-state index contributed by atoms with van der Waals surface area (Å²) in [5.41, 5.74) is 1.30. The van der Waals surface area contributed by atoms with E-state index >= 15 is 0 Å². The van der Waals surface area contributed by atoms with Crippen LogP contribution in [0.2, 0.25) is 0 Å². The molecular formula is C14H24N2O. The van der Waals surface area contributed by atoms with Gasteiger partial charge in [-0.1, -0.05) is 13.2 Å². The van der Waals surface area contributed by atoms with Gasteiger partial charge in [-0.15, -0.1) is 0 Å². The van der Waals surface area contributed by atoms with Crippen LogP contribution < -0.4 is 0 Å². The third-order valence-electron chi connectivity index (χ3n) is 2.43. The summed E-state index contributed by atoms with van der Waals surface area (Å²) in [6.45, 7) is 17.2. The highest BCUT2D eigenvalue weighted by atomic mass is 16.2. The Morgan fingerprint density at radius 3 is 1.82 bits per heavy atom. The van der Waals surface area contributed by atoms with Gasteiger partial charge in [0, 0.05) is 18.8 Å². The Hall–Kier alpha value is -1.51. The van der Waals surface area contributed by atoms with Crippen LogP contribution in [0.15, 0.2) is 36.8 Å². The first-order valence-electron chi connectivity index (χ1n) is 5.66. The highest BCUT2D eigenvalue weighted by Crippen LogP contribution is 2.20. The van der Waals surface area contributed by atoms with Crippen molar-refractivity contribution in [1.82, 2.24) is 9.80 Å². The number of allylic oxidation sites excluding steroid dienone is 1. The van der Waals surface area contributed by atoms with Crippen molar-refractivity contribution >= 4 is 5.91 Å². The number of nitrogens with zero attached hydrogens (tertiary/aromatic N) is 2. The number of carbonyl (C=O) groups is 1.